The lowest BCUT2D eigenvalue weighted by Gasteiger charge is -2.24. The first kappa shape index (κ1) is 11.9. The number of rotatable bonds is 2. The maximum absolute atomic E-state index is 11.8. The van der Waals surface area contributed by atoms with Crippen molar-refractivity contribution in [3.05, 3.63) is 29.8 Å². The molecule has 15 heavy (non-hydrogen) atoms. The predicted octanol–water partition coefficient (Wildman–Crippen LogP) is 2.43. The Morgan fingerprint density at radius 2 is 1.93 bits per heavy atom. The van der Waals surface area contributed by atoms with Crippen molar-refractivity contribution in [1.82, 2.24) is 0 Å². The van der Waals surface area contributed by atoms with Gasteiger partial charge in [-0.15, -0.1) is 0 Å². The van der Waals surface area contributed by atoms with Crippen LogP contribution in [-0.2, 0) is 11.4 Å². The van der Waals surface area contributed by atoms with Gasteiger partial charge in [-0.25, -0.2) is 4.72 Å². The molecular formula is C11H14N2OS. The Bertz CT molecular complexity index is 379. The van der Waals surface area contributed by atoms with E-state index >= 15 is 0 Å². The maximum Gasteiger partial charge on any atom is 0.142 e. The summed E-state index contributed by atoms with van der Waals surface area (Å²) >= 11 is -1.20. The highest BCUT2D eigenvalue weighted by Crippen LogP contribution is 2.21. The van der Waals surface area contributed by atoms with Crippen LogP contribution in [0.4, 0.5) is 5.69 Å². The fraction of sp³-hybridized carbons (Fsp3) is 0.364. The number of hydrogen-bond acceptors (Lipinski definition) is 3. The van der Waals surface area contributed by atoms with Crippen molar-refractivity contribution < 1.29 is 4.55 Å². The lowest BCUT2D eigenvalue weighted by atomic mass is 10.2. The zero-order chi connectivity index (χ0) is 11.5. The van der Waals surface area contributed by atoms with Crippen LogP contribution in [0.5, 0.6) is 0 Å². The zero-order valence-electron chi connectivity index (χ0n) is 9.07. The van der Waals surface area contributed by atoms with Crippen LogP contribution in [0.15, 0.2) is 24.3 Å². The minimum atomic E-state index is -1.20. The van der Waals surface area contributed by atoms with E-state index in [1.165, 1.54) is 0 Å². The van der Waals surface area contributed by atoms with Crippen LogP contribution < -0.4 is 4.72 Å². The van der Waals surface area contributed by atoms with Crippen LogP contribution in [0.1, 0.15) is 26.3 Å². The second-order valence-electron chi connectivity index (χ2n) is 4.14. The minimum Gasteiger partial charge on any atom is -0.593 e. The molecule has 1 unspecified atom stereocenters. The molecule has 1 aromatic rings. The van der Waals surface area contributed by atoms with Crippen LogP contribution in [0.3, 0.4) is 0 Å². The van der Waals surface area contributed by atoms with Gasteiger partial charge in [0.2, 0.25) is 0 Å². The molecule has 0 saturated heterocycles. The average Bonchev–Trinajstić information content (AvgIpc) is 2.17. The second kappa shape index (κ2) is 4.56. The number of anilines is 1. The Morgan fingerprint density at radius 1 is 1.33 bits per heavy atom. The van der Waals surface area contributed by atoms with E-state index < -0.39 is 11.4 Å². The van der Waals surface area contributed by atoms with Gasteiger partial charge >= 0.3 is 0 Å². The van der Waals surface area contributed by atoms with Crippen LogP contribution in [0.2, 0.25) is 0 Å². The highest BCUT2D eigenvalue weighted by molar-refractivity contribution is 7.94. The van der Waals surface area contributed by atoms with Gasteiger partial charge in [-0.3, -0.25) is 0 Å². The van der Waals surface area contributed by atoms with E-state index in [0.29, 0.717) is 11.3 Å². The average molecular weight is 222 g/mol. The van der Waals surface area contributed by atoms with E-state index in [9.17, 15) is 4.55 Å². The van der Waals surface area contributed by atoms with Crippen LogP contribution >= 0.6 is 0 Å². The summed E-state index contributed by atoms with van der Waals surface area (Å²) < 4.78 is 14.3. The molecule has 1 N–H and O–H groups in total. The largest absolute Gasteiger partial charge is 0.593 e. The van der Waals surface area contributed by atoms with E-state index in [1.807, 2.05) is 26.8 Å². The van der Waals surface area contributed by atoms with Gasteiger partial charge in [-0.1, -0.05) is 12.1 Å². The van der Waals surface area contributed by atoms with Crippen LogP contribution in [0.25, 0.3) is 0 Å². The molecule has 0 saturated carbocycles. The number of hydrogen-bond donors (Lipinski definition) is 1. The summed E-state index contributed by atoms with van der Waals surface area (Å²) in [6, 6.07) is 9.09. The van der Waals surface area contributed by atoms with Crippen molar-refractivity contribution in [2.45, 2.75) is 25.5 Å². The lowest BCUT2D eigenvalue weighted by molar-refractivity contribution is 0.565. The summed E-state index contributed by atoms with van der Waals surface area (Å²) in [7, 11) is 0. The van der Waals surface area contributed by atoms with Gasteiger partial charge in [0.25, 0.3) is 0 Å². The molecule has 0 radical (unpaired) electrons. The number of para-hydroxylation sites is 1. The topological polar surface area (TPSA) is 58.9 Å². The fourth-order valence-electron chi connectivity index (χ4n) is 0.923. The third-order valence-electron chi connectivity index (χ3n) is 1.81. The molecule has 0 amide bonds. The van der Waals surface area contributed by atoms with E-state index in [2.05, 4.69) is 10.8 Å². The highest BCUT2D eigenvalue weighted by atomic mass is 32.2. The summed E-state index contributed by atoms with van der Waals surface area (Å²) in [5.41, 5.74) is 1.13. The molecule has 4 heteroatoms. The molecular weight excluding hydrogens is 208 g/mol. The second-order valence-corrected chi connectivity index (χ2v) is 6.11. The van der Waals surface area contributed by atoms with Crippen molar-refractivity contribution in [2.75, 3.05) is 4.72 Å². The summed E-state index contributed by atoms with van der Waals surface area (Å²) in [5.74, 6) is 0. The van der Waals surface area contributed by atoms with Gasteiger partial charge in [0.1, 0.15) is 10.8 Å². The summed E-state index contributed by atoms with van der Waals surface area (Å²) in [4.78, 5) is 0. The number of nitrogens with zero attached hydrogens (tertiary/aromatic N) is 1. The molecule has 0 aliphatic carbocycles. The molecule has 0 spiro atoms. The SMILES string of the molecule is CC(C)(C)[S+]([O-])Nc1ccccc1C#N. The standard InChI is InChI=1S/C11H14N2OS/c1-11(2,3)15(14)13-10-7-5-4-6-9(10)8-12/h4-7,13H,1-3H3. The first-order valence-electron chi connectivity index (χ1n) is 4.63. The molecule has 0 aliphatic rings. The third-order valence-corrected chi connectivity index (χ3v) is 3.32. The Hall–Kier alpha value is -1.18. The molecule has 0 heterocycles. The molecule has 3 nitrogen and oxygen atoms in total. The van der Waals surface area contributed by atoms with Crippen molar-refractivity contribution >= 4 is 17.0 Å². The number of nitriles is 1. The summed E-state index contributed by atoms with van der Waals surface area (Å²) in [5, 5.41) is 8.85. The molecule has 0 bridgehead atoms. The zero-order valence-corrected chi connectivity index (χ0v) is 9.89. The van der Waals surface area contributed by atoms with Gasteiger partial charge in [-0.05, 0) is 32.9 Å². The molecule has 80 valence electrons. The Labute approximate surface area is 93.4 Å². The molecule has 0 fully saturated rings. The van der Waals surface area contributed by atoms with Gasteiger partial charge in [0, 0.05) is 0 Å². The Balaban J connectivity index is 2.86. The minimum absolute atomic E-state index is 0.345. The molecule has 1 rings (SSSR count). The fourth-order valence-corrected chi connectivity index (χ4v) is 1.61. The Kier molecular flexibility index (Phi) is 3.61. The Morgan fingerprint density at radius 3 is 2.47 bits per heavy atom. The van der Waals surface area contributed by atoms with E-state index in [1.54, 1.807) is 18.2 Å². The summed E-state index contributed by atoms with van der Waals surface area (Å²) in [6.07, 6.45) is 0. The van der Waals surface area contributed by atoms with E-state index in [-0.39, 0.29) is 4.75 Å². The third kappa shape index (κ3) is 3.15. The highest BCUT2D eigenvalue weighted by Gasteiger charge is 2.27. The molecule has 0 aliphatic heterocycles. The quantitative estimate of drug-likeness (QED) is 0.782. The first-order chi connectivity index (χ1) is 6.95. The van der Waals surface area contributed by atoms with Crippen molar-refractivity contribution in [1.29, 1.82) is 5.26 Å². The van der Waals surface area contributed by atoms with Gasteiger partial charge in [-0.2, -0.15) is 5.26 Å². The monoisotopic (exact) mass is 222 g/mol. The van der Waals surface area contributed by atoms with Gasteiger partial charge in [0.05, 0.1) is 22.6 Å². The van der Waals surface area contributed by atoms with Crippen LogP contribution in [-0.4, -0.2) is 9.30 Å². The van der Waals surface area contributed by atoms with E-state index in [4.69, 9.17) is 5.26 Å². The maximum atomic E-state index is 11.8. The van der Waals surface area contributed by atoms with E-state index in [0.717, 1.165) is 0 Å². The van der Waals surface area contributed by atoms with Crippen molar-refractivity contribution in [3.63, 3.8) is 0 Å². The predicted molar refractivity (Wildman–Crippen MR) is 62.7 cm³/mol. The normalized spacial score (nSPS) is 13.0. The number of nitrogens with one attached hydrogen (secondary N) is 1. The van der Waals surface area contributed by atoms with Crippen LogP contribution in [0, 0.1) is 11.3 Å². The lowest BCUT2D eigenvalue weighted by Crippen LogP contribution is -2.33. The summed E-state index contributed by atoms with van der Waals surface area (Å²) in [6.45, 7) is 5.64. The smallest absolute Gasteiger partial charge is 0.142 e. The van der Waals surface area contributed by atoms with Crippen molar-refractivity contribution in [2.24, 2.45) is 0 Å². The first-order valence-corrected chi connectivity index (χ1v) is 5.78. The van der Waals surface area contributed by atoms with Gasteiger partial charge in [0.15, 0.2) is 0 Å². The molecule has 0 aromatic heterocycles. The van der Waals surface area contributed by atoms with Crippen molar-refractivity contribution in [3.8, 4) is 6.07 Å². The molecule has 1 atom stereocenters. The number of benzene rings is 1. The molecule has 1 aromatic carbocycles. The van der Waals surface area contributed by atoms with Gasteiger partial charge < -0.3 is 4.55 Å².